The largest absolute Gasteiger partial charge is 0.492 e. The number of carbonyl (C=O) groups excluding carboxylic acids is 1. The van der Waals surface area contributed by atoms with Gasteiger partial charge in [0.1, 0.15) is 29.6 Å². The highest BCUT2D eigenvalue weighted by Gasteiger charge is 2.59. The first-order valence-electron chi connectivity index (χ1n) is 13.8. The summed E-state index contributed by atoms with van der Waals surface area (Å²) in [6.07, 6.45) is -13.3. The second kappa shape index (κ2) is 16.6. The van der Waals surface area contributed by atoms with Crippen molar-refractivity contribution < 1.29 is 60.3 Å². The first-order valence-corrected chi connectivity index (χ1v) is 13.8. The first kappa shape index (κ1) is 35.1. The molecule has 1 atom stereocenters. The van der Waals surface area contributed by atoms with Gasteiger partial charge in [0, 0.05) is 19.6 Å². The number of para-hydroxylation sites is 1. The van der Waals surface area contributed by atoms with Crippen molar-refractivity contribution >= 4 is 12.1 Å². The van der Waals surface area contributed by atoms with Crippen molar-refractivity contribution in [3.05, 3.63) is 84.4 Å². The van der Waals surface area contributed by atoms with Crippen LogP contribution in [0.15, 0.2) is 78.9 Å². The molecule has 3 aromatic carbocycles. The molecule has 0 aliphatic heterocycles. The van der Waals surface area contributed by atoms with Gasteiger partial charge in [-0.3, -0.25) is 0 Å². The van der Waals surface area contributed by atoms with E-state index in [1.54, 1.807) is 67.6 Å². The highest BCUT2D eigenvalue weighted by atomic mass is 19.4. The number of alkyl halides is 5. The van der Waals surface area contributed by atoms with Crippen molar-refractivity contribution in [3.8, 4) is 23.0 Å². The Morgan fingerprint density at radius 1 is 0.800 bits per heavy atom. The Morgan fingerprint density at radius 3 is 2.00 bits per heavy atom. The van der Waals surface area contributed by atoms with Crippen molar-refractivity contribution in [3.63, 3.8) is 0 Å². The van der Waals surface area contributed by atoms with Crippen LogP contribution < -0.4 is 14.2 Å². The number of ether oxygens (including phenoxy) is 5. The molecular formula is C31H32F5NO8. The molecular weight excluding hydrogens is 609 g/mol. The van der Waals surface area contributed by atoms with Gasteiger partial charge in [0.25, 0.3) is 0 Å². The summed E-state index contributed by atoms with van der Waals surface area (Å²) in [6.45, 7) is 0.462. The van der Waals surface area contributed by atoms with Crippen LogP contribution in [0.2, 0.25) is 0 Å². The molecule has 0 fully saturated rings. The molecule has 0 aromatic heterocycles. The molecule has 45 heavy (non-hydrogen) atoms. The van der Waals surface area contributed by atoms with Gasteiger partial charge in [-0.05, 0) is 67.4 Å². The zero-order valence-electron chi connectivity index (χ0n) is 24.2. The fraction of sp³-hybridized carbons (Fsp3) is 0.355. The lowest BCUT2D eigenvalue weighted by Crippen LogP contribution is -2.41. The van der Waals surface area contributed by atoms with E-state index in [1.807, 2.05) is 6.07 Å². The van der Waals surface area contributed by atoms with Gasteiger partial charge < -0.3 is 33.7 Å². The third-order valence-electron chi connectivity index (χ3n) is 6.07. The van der Waals surface area contributed by atoms with Crippen molar-refractivity contribution in [1.82, 2.24) is 4.90 Å². The highest BCUT2D eigenvalue weighted by Crippen LogP contribution is 2.36. The van der Waals surface area contributed by atoms with Gasteiger partial charge in [-0.15, -0.1) is 0 Å². The third kappa shape index (κ3) is 11.5. The number of nitrogens with zero attached hydrogens (tertiary/aromatic N) is 1. The third-order valence-corrected chi connectivity index (χ3v) is 6.07. The van der Waals surface area contributed by atoms with E-state index in [4.69, 9.17) is 18.9 Å². The van der Waals surface area contributed by atoms with Crippen LogP contribution in [0.5, 0.6) is 23.0 Å². The number of aliphatic carboxylic acids is 1. The predicted molar refractivity (Wildman–Crippen MR) is 151 cm³/mol. The molecule has 0 saturated carbocycles. The number of halogens is 5. The normalized spacial score (nSPS) is 12.3. The number of benzene rings is 3. The van der Waals surface area contributed by atoms with Crippen LogP contribution in [0, 0.1) is 0 Å². The Kier molecular flexibility index (Phi) is 12.9. The van der Waals surface area contributed by atoms with E-state index >= 15 is 0 Å². The van der Waals surface area contributed by atoms with Crippen LogP contribution in [0.4, 0.5) is 26.7 Å². The van der Waals surface area contributed by atoms with E-state index in [1.165, 1.54) is 12.1 Å². The molecule has 0 aliphatic carbocycles. The second-order valence-corrected chi connectivity index (χ2v) is 9.44. The number of hydrogen-bond donors (Lipinski definition) is 1. The van der Waals surface area contributed by atoms with Crippen LogP contribution in [-0.2, 0) is 20.7 Å². The lowest BCUT2D eigenvalue weighted by molar-refractivity contribution is -0.391. The SMILES string of the molecule is CCOC(Cc1ccc(OCCN(CCCOC(F)(F)C(F)(F)F)C(=O)Oc2ccc(Oc3ccccc3)cc2)cc1)C(=O)O. The Hall–Kier alpha value is -4.43. The topological polar surface area (TPSA) is 104 Å². The number of rotatable bonds is 17. The summed E-state index contributed by atoms with van der Waals surface area (Å²) < 4.78 is 89.1. The number of amides is 1. The fourth-order valence-electron chi connectivity index (χ4n) is 3.83. The zero-order chi connectivity index (χ0) is 32.9. The smallest absolute Gasteiger partial charge is 0.482 e. The summed E-state index contributed by atoms with van der Waals surface area (Å²) in [5.74, 6) is 0.492. The minimum Gasteiger partial charge on any atom is -0.492 e. The molecule has 0 spiro atoms. The number of hydrogen-bond acceptors (Lipinski definition) is 7. The van der Waals surface area contributed by atoms with Crippen molar-refractivity contribution in [1.29, 1.82) is 0 Å². The van der Waals surface area contributed by atoms with Crippen molar-refractivity contribution in [2.24, 2.45) is 0 Å². The maximum Gasteiger partial charge on any atom is 0.482 e. The number of carboxylic acids is 1. The average Bonchev–Trinajstić information content (AvgIpc) is 2.99. The molecule has 9 nitrogen and oxygen atoms in total. The van der Waals surface area contributed by atoms with Gasteiger partial charge >= 0.3 is 24.3 Å². The van der Waals surface area contributed by atoms with E-state index in [0.717, 1.165) is 4.90 Å². The molecule has 0 heterocycles. The molecule has 1 unspecified atom stereocenters. The van der Waals surface area contributed by atoms with Gasteiger partial charge in [-0.25, -0.2) is 9.59 Å². The highest BCUT2D eigenvalue weighted by molar-refractivity contribution is 5.72. The molecule has 1 N–H and O–H groups in total. The summed E-state index contributed by atoms with van der Waals surface area (Å²) in [5.41, 5.74) is 0.684. The Balaban J connectivity index is 1.59. The van der Waals surface area contributed by atoms with Gasteiger partial charge in [0.2, 0.25) is 0 Å². The van der Waals surface area contributed by atoms with E-state index < -0.39 is 37.1 Å². The van der Waals surface area contributed by atoms with Crippen molar-refractivity contribution in [2.75, 3.05) is 32.9 Å². The monoisotopic (exact) mass is 641 g/mol. The van der Waals surface area contributed by atoms with Gasteiger partial charge in [0.15, 0.2) is 6.10 Å². The Morgan fingerprint density at radius 2 is 1.40 bits per heavy atom. The minimum atomic E-state index is -5.87. The Bertz CT molecular complexity index is 1340. The fourth-order valence-corrected chi connectivity index (χ4v) is 3.83. The summed E-state index contributed by atoms with van der Waals surface area (Å²) in [6, 6.07) is 21.5. The Labute approximate surface area is 256 Å². The van der Waals surface area contributed by atoms with E-state index in [9.17, 15) is 36.6 Å². The first-order chi connectivity index (χ1) is 21.4. The molecule has 3 aromatic rings. The van der Waals surface area contributed by atoms with Crippen LogP contribution in [-0.4, -0.2) is 73.4 Å². The molecule has 1 amide bonds. The molecule has 14 heteroatoms. The van der Waals surface area contributed by atoms with Crippen molar-refractivity contribution in [2.45, 2.75) is 38.2 Å². The molecule has 244 valence electrons. The lowest BCUT2D eigenvalue weighted by Gasteiger charge is -2.23. The predicted octanol–water partition coefficient (Wildman–Crippen LogP) is 6.95. The summed E-state index contributed by atoms with van der Waals surface area (Å²) in [5, 5.41) is 9.25. The van der Waals surface area contributed by atoms with E-state index in [-0.39, 0.29) is 44.9 Å². The van der Waals surface area contributed by atoms with Crippen LogP contribution in [0.1, 0.15) is 18.9 Å². The molecule has 0 aliphatic rings. The van der Waals surface area contributed by atoms with Gasteiger partial charge in [-0.1, -0.05) is 30.3 Å². The molecule has 0 bridgehead atoms. The second-order valence-electron chi connectivity index (χ2n) is 9.44. The molecule has 0 radical (unpaired) electrons. The van der Waals surface area contributed by atoms with Crippen LogP contribution in [0.25, 0.3) is 0 Å². The average molecular weight is 642 g/mol. The maximum absolute atomic E-state index is 13.1. The van der Waals surface area contributed by atoms with E-state index in [2.05, 4.69) is 4.74 Å². The number of carbonyl (C=O) groups is 2. The maximum atomic E-state index is 13.1. The molecule has 3 rings (SSSR count). The minimum absolute atomic E-state index is 0.0887. The van der Waals surface area contributed by atoms with Crippen LogP contribution >= 0.6 is 0 Å². The zero-order valence-corrected chi connectivity index (χ0v) is 24.2. The van der Waals surface area contributed by atoms with Crippen LogP contribution in [0.3, 0.4) is 0 Å². The standard InChI is InChI=1S/C31H32F5NO8/c1-2-41-27(28(38)39)21-22-9-11-23(12-10-22)42-20-18-37(17-6-19-43-31(35,36)30(32,33)34)29(40)45-26-15-13-25(14-16-26)44-24-7-4-3-5-8-24/h3-5,7-16,27H,2,6,17-21H2,1H3,(H,38,39). The summed E-state index contributed by atoms with van der Waals surface area (Å²) >= 11 is 0. The quantitative estimate of drug-likeness (QED) is 0.125. The van der Waals surface area contributed by atoms with Gasteiger partial charge in [-0.2, -0.15) is 22.0 Å². The summed E-state index contributed by atoms with van der Waals surface area (Å²) in [4.78, 5) is 25.3. The van der Waals surface area contributed by atoms with E-state index in [0.29, 0.717) is 22.8 Å². The lowest BCUT2D eigenvalue weighted by atomic mass is 10.1. The van der Waals surface area contributed by atoms with Gasteiger partial charge in [0.05, 0.1) is 13.2 Å². The number of carboxylic acid groups (broad SMARTS) is 1. The summed E-state index contributed by atoms with van der Waals surface area (Å²) in [7, 11) is 0. The molecule has 0 saturated heterocycles.